The highest BCUT2D eigenvalue weighted by atomic mass is 16.4. The van der Waals surface area contributed by atoms with Crippen LogP contribution in [0.4, 0.5) is 10.5 Å². The molecule has 5 heteroatoms. The van der Waals surface area contributed by atoms with Crippen molar-refractivity contribution >= 4 is 17.7 Å². The highest BCUT2D eigenvalue weighted by Gasteiger charge is 2.20. The predicted octanol–water partition coefficient (Wildman–Crippen LogP) is 3.00. The van der Waals surface area contributed by atoms with Gasteiger partial charge in [0.1, 0.15) is 0 Å². The van der Waals surface area contributed by atoms with Gasteiger partial charge in [0.25, 0.3) is 0 Å². The van der Waals surface area contributed by atoms with Crippen molar-refractivity contribution in [3.63, 3.8) is 0 Å². The largest absolute Gasteiger partial charge is 0.478 e. The van der Waals surface area contributed by atoms with Gasteiger partial charge in [0.2, 0.25) is 0 Å². The highest BCUT2D eigenvalue weighted by Crippen LogP contribution is 2.33. The zero-order chi connectivity index (χ0) is 14.5. The van der Waals surface area contributed by atoms with E-state index in [0.717, 1.165) is 12.3 Å². The molecule has 2 amide bonds. The Labute approximate surface area is 118 Å². The Bertz CT molecular complexity index is 510. The number of carboxylic acid groups (broad SMARTS) is 1. The van der Waals surface area contributed by atoms with Crippen molar-refractivity contribution in [1.29, 1.82) is 0 Å². The smallest absolute Gasteiger partial charge is 0.336 e. The van der Waals surface area contributed by atoms with Gasteiger partial charge in [-0.1, -0.05) is 18.9 Å². The Morgan fingerprint density at radius 3 is 2.75 bits per heavy atom. The van der Waals surface area contributed by atoms with Crippen molar-refractivity contribution in [1.82, 2.24) is 5.32 Å². The van der Waals surface area contributed by atoms with Crippen LogP contribution in [0.2, 0.25) is 0 Å². The summed E-state index contributed by atoms with van der Waals surface area (Å²) >= 11 is 0. The second-order valence-electron chi connectivity index (χ2n) is 5.25. The van der Waals surface area contributed by atoms with Crippen molar-refractivity contribution in [2.75, 3.05) is 11.9 Å². The second kappa shape index (κ2) is 6.41. The Kier molecular flexibility index (Phi) is 4.61. The number of anilines is 1. The Balaban J connectivity index is 1.83. The van der Waals surface area contributed by atoms with Gasteiger partial charge in [-0.3, -0.25) is 0 Å². The summed E-state index contributed by atoms with van der Waals surface area (Å²) < 4.78 is 0. The standard InChI is InChI=1S/C15H20N2O3/c1-10-12(14(18)19)5-2-6-13(10)17-15(20)16-9-3-4-11-7-8-11/h2,5-6,11H,3-4,7-9H2,1H3,(H,18,19)(H2,16,17,20). The molecule has 0 bridgehead atoms. The van der Waals surface area contributed by atoms with Crippen LogP contribution in [0, 0.1) is 12.8 Å². The summed E-state index contributed by atoms with van der Waals surface area (Å²) in [5.74, 6) is -0.120. The van der Waals surface area contributed by atoms with Gasteiger partial charge in [-0.25, -0.2) is 9.59 Å². The number of carboxylic acids is 1. The highest BCUT2D eigenvalue weighted by molar-refractivity contribution is 5.95. The number of rotatable bonds is 6. The first kappa shape index (κ1) is 14.4. The number of hydrogen-bond acceptors (Lipinski definition) is 2. The molecule has 0 unspecified atom stereocenters. The number of hydrogen-bond donors (Lipinski definition) is 3. The van der Waals surface area contributed by atoms with E-state index in [1.54, 1.807) is 19.1 Å². The maximum absolute atomic E-state index is 11.7. The SMILES string of the molecule is Cc1c(NC(=O)NCCCC2CC2)cccc1C(=O)O. The number of amides is 2. The molecule has 1 saturated carbocycles. The van der Waals surface area contributed by atoms with Crippen LogP contribution in [0.3, 0.4) is 0 Å². The van der Waals surface area contributed by atoms with Gasteiger partial charge in [0.05, 0.1) is 5.56 Å². The number of benzene rings is 1. The van der Waals surface area contributed by atoms with Crippen LogP contribution in [0.5, 0.6) is 0 Å². The van der Waals surface area contributed by atoms with E-state index in [-0.39, 0.29) is 11.6 Å². The maximum atomic E-state index is 11.7. The minimum atomic E-state index is -0.990. The normalized spacial score (nSPS) is 13.8. The van der Waals surface area contributed by atoms with E-state index < -0.39 is 5.97 Å². The molecule has 5 nitrogen and oxygen atoms in total. The van der Waals surface area contributed by atoms with Gasteiger partial charge in [0.15, 0.2) is 0 Å². The van der Waals surface area contributed by atoms with E-state index in [2.05, 4.69) is 10.6 Å². The molecule has 2 rings (SSSR count). The van der Waals surface area contributed by atoms with Crippen LogP contribution in [-0.4, -0.2) is 23.7 Å². The maximum Gasteiger partial charge on any atom is 0.336 e. The lowest BCUT2D eigenvalue weighted by Crippen LogP contribution is -2.30. The molecular formula is C15H20N2O3. The molecular weight excluding hydrogens is 256 g/mol. The van der Waals surface area contributed by atoms with Gasteiger partial charge in [-0.2, -0.15) is 0 Å². The molecule has 20 heavy (non-hydrogen) atoms. The summed E-state index contributed by atoms with van der Waals surface area (Å²) in [7, 11) is 0. The molecule has 3 N–H and O–H groups in total. The van der Waals surface area contributed by atoms with E-state index in [9.17, 15) is 9.59 Å². The summed E-state index contributed by atoms with van der Waals surface area (Å²) in [6.07, 6.45) is 4.82. The zero-order valence-electron chi connectivity index (χ0n) is 11.6. The monoisotopic (exact) mass is 276 g/mol. The number of carbonyl (C=O) groups is 2. The third-order valence-corrected chi connectivity index (χ3v) is 3.58. The molecule has 0 aromatic heterocycles. The van der Waals surface area contributed by atoms with Crippen LogP contribution in [0.25, 0.3) is 0 Å². The predicted molar refractivity (Wildman–Crippen MR) is 77.1 cm³/mol. The summed E-state index contributed by atoms with van der Waals surface area (Å²) in [4.78, 5) is 22.7. The quantitative estimate of drug-likeness (QED) is 0.699. The molecule has 0 radical (unpaired) electrons. The summed E-state index contributed by atoms with van der Waals surface area (Å²) in [6, 6.07) is 4.56. The summed E-state index contributed by atoms with van der Waals surface area (Å²) in [6.45, 7) is 2.34. The van der Waals surface area contributed by atoms with Gasteiger partial charge < -0.3 is 15.7 Å². The minimum absolute atomic E-state index is 0.205. The van der Waals surface area contributed by atoms with Gasteiger partial charge in [0, 0.05) is 12.2 Å². The van der Waals surface area contributed by atoms with Gasteiger partial charge in [-0.15, -0.1) is 0 Å². The van der Waals surface area contributed by atoms with E-state index in [1.807, 2.05) is 0 Å². The van der Waals surface area contributed by atoms with Crippen LogP contribution >= 0.6 is 0 Å². The fraction of sp³-hybridized carbons (Fsp3) is 0.467. The Morgan fingerprint density at radius 1 is 1.35 bits per heavy atom. The van der Waals surface area contributed by atoms with E-state index >= 15 is 0 Å². The molecule has 1 fully saturated rings. The number of carbonyl (C=O) groups excluding carboxylic acids is 1. The van der Waals surface area contributed by atoms with Crippen LogP contribution in [0.15, 0.2) is 18.2 Å². The van der Waals surface area contributed by atoms with Crippen molar-refractivity contribution in [3.05, 3.63) is 29.3 Å². The van der Waals surface area contributed by atoms with Gasteiger partial charge >= 0.3 is 12.0 Å². The molecule has 0 atom stereocenters. The first-order valence-corrected chi connectivity index (χ1v) is 6.95. The average molecular weight is 276 g/mol. The van der Waals surface area contributed by atoms with E-state index in [0.29, 0.717) is 17.8 Å². The van der Waals surface area contributed by atoms with Crippen LogP contribution in [0.1, 0.15) is 41.6 Å². The zero-order valence-corrected chi connectivity index (χ0v) is 11.6. The molecule has 0 aliphatic heterocycles. The molecule has 108 valence electrons. The van der Waals surface area contributed by atoms with E-state index in [1.165, 1.54) is 25.3 Å². The molecule has 1 aliphatic rings. The molecule has 1 aliphatic carbocycles. The fourth-order valence-corrected chi connectivity index (χ4v) is 2.17. The number of urea groups is 1. The first-order valence-electron chi connectivity index (χ1n) is 6.95. The molecule has 1 aromatic rings. The van der Waals surface area contributed by atoms with Crippen molar-refractivity contribution in [3.8, 4) is 0 Å². The number of nitrogens with one attached hydrogen (secondary N) is 2. The summed E-state index contributed by atoms with van der Waals surface area (Å²) in [5.41, 5.74) is 1.30. The third-order valence-electron chi connectivity index (χ3n) is 3.58. The average Bonchev–Trinajstić information content (AvgIpc) is 3.21. The van der Waals surface area contributed by atoms with Gasteiger partial charge in [-0.05, 0) is 43.4 Å². The second-order valence-corrected chi connectivity index (χ2v) is 5.25. The molecule has 0 saturated heterocycles. The molecule has 1 aromatic carbocycles. The lowest BCUT2D eigenvalue weighted by atomic mass is 10.1. The Hall–Kier alpha value is -2.04. The van der Waals surface area contributed by atoms with Crippen LogP contribution < -0.4 is 10.6 Å². The fourth-order valence-electron chi connectivity index (χ4n) is 2.17. The van der Waals surface area contributed by atoms with Crippen molar-refractivity contribution in [2.24, 2.45) is 5.92 Å². The summed E-state index contributed by atoms with van der Waals surface area (Å²) in [5, 5.41) is 14.5. The topological polar surface area (TPSA) is 78.4 Å². The van der Waals surface area contributed by atoms with Crippen LogP contribution in [-0.2, 0) is 0 Å². The van der Waals surface area contributed by atoms with Crippen molar-refractivity contribution in [2.45, 2.75) is 32.6 Å². The van der Waals surface area contributed by atoms with Crippen molar-refractivity contribution < 1.29 is 14.7 Å². The first-order chi connectivity index (χ1) is 9.58. The third kappa shape index (κ3) is 3.98. The Morgan fingerprint density at radius 2 is 2.10 bits per heavy atom. The lowest BCUT2D eigenvalue weighted by Gasteiger charge is -2.11. The minimum Gasteiger partial charge on any atom is -0.478 e. The van der Waals surface area contributed by atoms with E-state index in [4.69, 9.17) is 5.11 Å². The molecule has 0 heterocycles. The lowest BCUT2D eigenvalue weighted by molar-refractivity contribution is 0.0696. The number of aromatic carboxylic acids is 1. The molecule has 0 spiro atoms.